The van der Waals surface area contributed by atoms with Crippen LogP contribution >= 0.6 is 0 Å². The Balaban J connectivity index is 1.58. The van der Waals surface area contributed by atoms with Gasteiger partial charge >= 0.3 is 0 Å². The normalized spacial score (nSPS) is 19.5. The third kappa shape index (κ3) is 2.95. The Kier molecular flexibility index (Phi) is 3.78. The summed E-state index contributed by atoms with van der Waals surface area (Å²) in [6, 6.07) is 1.13. The third-order valence-corrected chi connectivity index (χ3v) is 4.15. The molecular formula is C16H13F4N5O. The first-order valence-electron chi connectivity index (χ1n) is 7.86. The number of fused-ring (bicyclic) bond motifs is 1. The zero-order valence-corrected chi connectivity index (χ0v) is 13.5. The molecule has 26 heavy (non-hydrogen) atoms. The SMILES string of the molecule is CC(F)c1nnc2cnc(-c3cnc(OC[C@H]4CC4(F)F)c(F)c3)cn12. The topological polar surface area (TPSA) is 65.2 Å². The van der Waals surface area contributed by atoms with Crippen molar-refractivity contribution >= 4 is 5.65 Å². The van der Waals surface area contributed by atoms with E-state index in [4.69, 9.17) is 4.74 Å². The maximum atomic E-state index is 14.2. The van der Waals surface area contributed by atoms with Gasteiger partial charge < -0.3 is 4.74 Å². The molecule has 3 aromatic rings. The van der Waals surface area contributed by atoms with E-state index in [1.54, 1.807) is 0 Å². The fourth-order valence-corrected chi connectivity index (χ4v) is 2.54. The zero-order chi connectivity index (χ0) is 18.5. The van der Waals surface area contributed by atoms with Crippen molar-refractivity contribution in [3.8, 4) is 17.1 Å². The molecule has 0 spiro atoms. The van der Waals surface area contributed by atoms with E-state index in [0.717, 1.165) is 6.07 Å². The van der Waals surface area contributed by atoms with Crippen molar-refractivity contribution in [2.24, 2.45) is 5.92 Å². The van der Waals surface area contributed by atoms with Crippen molar-refractivity contribution in [1.82, 2.24) is 24.6 Å². The molecule has 3 aromatic heterocycles. The number of halogens is 4. The maximum Gasteiger partial charge on any atom is 0.255 e. The van der Waals surface area contributed by atoms with Gasteiger partial charge in [0.2, 0.25) is 5.88 Å². The molecule has 4 rings (SSSR count). The Hall–Kier alpha value is -2.78. The Morgan fingerprint density at radius 1 is 1.31 bits per heavy atom. The molecule has 0 saturated heterocycles. The lowest BCUT2D eigenvalue weighted by Gasteiger charge is -2.08. The summed E-state index contributed by atoms with van der Waals surface area (Å²) in [5, 5.41) is 7.55. The van der Waals surface area contributed by atoms with E-state index in [1.165, 1.54) is 29.9 Å². The number of ether oxygens (including phenoxy) is 1. The molecule has 0 amide bonds. The van der Waals surface area contributed by atoms with Crippen molar-refractivity contribution in [2.75, 3.05) is 6.61 Å². The summed E-state index contributed by atoms with van der Waals surface area (Å²) in [5.41, 5.74) is 0.998. The number of hydrogen-bond donors (Lipinski definition) is 0. The smallest absolute Gasteiger partial charge is 0.255 e. The molecule has 1 fully saturated rings. The summed E-state index contributed by atoms with van der Waals surface area (Å²) in [5.74, 6) is -4.68. The van der Waals surface area contributed by atoms with Gasteiger partial charge in [0.05, 0.1) is 24.4 Å². The largest absolute Gasteiger partial charge is 0.475 e. The van der Waals surface area contributed by atoms with Crippen LogP contribution in [0.15, 0.2) is 24.7 Å². The monoisotopic (exact) mass is 367 g/mol. The van der Waals surface area contributed by atoms with Crippen molar-refractivity contribution in [1.29, 1.82) is 0 Å². The highest BCUT2D eigenvalue weighted by molar-refractivity contribution is 5.59. The highest BCUT2D eigenvalue weighted by Crippen LogP contribution is 2.48. The molecule has 1 unspecified atom stereocenters. The molecule has 0 aromatic carbocycles. The predicted octanol–water partition coefficient (Wildman–Crippen LogP) is 3.39. The van der Waals surface area contributed by atoms with Gasteiger partial charge in [0, 0.05) is 24.4 Å². The minimum atomic E-state index is -2.74. The molecule has 0 aliphatic heterocycles. The van der Waals surface area contributed by atoms with Gasteiger partial charge in [-0.25, -0.2) is 22.5 Å². The highest BCUT2D eigenvalue weighted by Gasteiger charge is 2.57. The van der Waals surface area contributed by atoms with Crippen LogP contribution in [0.1, 0.15) is 25.3 Å². The summed E-state index contributed by atoms with van der Waals surface area (Å²) in [7, 11) is 0. The van der Waals surface area contributed by atoms with E-state index >= 15 is 0 Å². The van der Waals surface area contributed by atoms with E-state index < -0.39 is 23.8 Å². The van der Waals surface area contributed by atoms with Gasteiger partial charge in [-0.15, -0.1) is 10.2 Å². The van der Waals surface area contributed by atoms with Crippen LogP contribution in [0.25, 0.3) is 16.9 Å². The summed E-state index contributed by atoms with van der Waals surface area (Å²) >= 11 is 0. The average molecular weight is 367 g/mol. The summed E-state index contributed by atoms with van der Waals surface area (Å²) in [6.45, 7) is 1.03. The fraction of sp³-hybridized carbons (Fsp3) is 0.375. The summed E-state index contributed by atoms with van der Waals surface area (Å²) in [6.07, 6.45) is 2.56. The van der Waals surface area contributed by atoms with E-state index in [0.29, 0.717) is 16.9 Å². The van der Waals surface area contributed by atoms with Gasteiger partial charge in [0.15, 0.2) is 23.5 Å². The lowest BCUT2D eigenvalue weighted by atomic mass is 10.2. The van der Waals surface area contributed by atoms with Crippen molar-refractivity contribution in [3.05, 3.63) is 36.3 Å². The van der Waals surface area contributed by atoms with Crippen molar-refractivity contribution in [2.45, 2.75) is 25.4 Å². The number of pyridine rings is 1. The molecule has 10 heteroatoms. The predicted molar refractivity (Wildman–Crippen MR) is 82.0 cm³/mol. The molecule has 1 saturated carbocycles. The van der Waals surface area contributed by atoms with Crippen LogP contribution in [-0.4, -0.2) is 37.1 Å². The van der Waals surface area contributed by atoms with Crippen LogP contribution in [0.4, 0.5) is 17.6 Å². The molecule has 1 aliphatic rings. The van der Waals surface area contributed by atoms with Gasteiger partial charge in [0.25, 0.3) is 5.92 Å². The van der Waals surface area contributed by atoms with Gasteiger partial charge in [-0.05, 0) is 13.0 Å². The number of alkyl halides is 3. The average Bonchev–Trinajstić information content (AvgIpc) is 3.02. The second-order valence-corrected chi connectivity index (χ2v) is 6.16. The molecule has 2 atom stereocenters. The number of hydrogen-bond acceptors (Lipinski definition) is 5. The summed E-state index contributed by atoms with van der Waals surface area (Å²) in [4.78, 5) is 7.96. The van der Waals surface area contributed by atoms with Crippen LogP contribution in [0.5, 0.6) is 5.88 Å². The molecule has 0 radical (unpaired) electrons. The highest BCUT2D eigenvalue weighted by atomic mass is 19.3. The molecular weight excluding hydrogens is 354 g/mol. The number of nitrogens with zero attached hydrogens (tertiary/aromatic N) is 5. The van der Waals surface area contributed by atoms with E-state index in [-0.39, 0.29) is 24.7 Å². The first kappa shape index (κ1) is 16.7. The zero-order valence-electron chi connectivity index (χ0n) is 13.5. The number of aromatic nitrogens is 5. The van der Waals surface area contributed by atoms with Gasteiger partial charge in [-0.3, -0.25) is 9.38 Å². The van der Waals surface area contributed by atoms with E-state index in [1.807, 2.05) is 0 Å². The van der Waals surface area contributed by atoms with Gasteiger partial charge in [-0.2, -0.15) is 0 Å². The lowest BCUT2D eigenvalue weighted by Crippen LogP contribution is -2.07. The van der Waals surface area contributed by atoms with Crippen LogP contribution in [0, 0.1) is 11.7 Å². The van der Waals surface area contributed by atoms with Gasteiger partial charge in [-0.1, -0.05) is 0 Å². The van der Waals surface area contributed by atoms with E-state index in [9.17, 15) is 17.6 Å². The second kappa shape index (κ2) is 5.89. The molecule has 3 heterocycles. The molecule has 0 bridgehead atoms. The van der Waals surface area contributed by atoms with Gasteiger partial charge in [0.1, 0.15) is 0 Å². The quantitative estimate of drug-likeness (QED) is 0.647. The van der Waals surface area contributed by atoms with Crippen molar-refractivity contribution in [3.63, 3.8) is 0 Å². The molecule has 6 nitrogen and oxygen atoms in total. The summed E-state index contributed by atoms with van der Waals surface area (Å²) < 4.78 is 59.9. The van der Waals surface area contributed by atoms with Crippen LogP contribution < -0.4 is 4.74 Å². The Morgan fingerprint density at radius 3 is 2.73 bits per heavy atom. The molecule has 0 N–H and O–H groups in total. The first-order valence-corrected chi connectivity index (χ1v) is 7.86. The van der Waals surface area contributed by atoms with Crippen LogP contribution in [-0.2, 0) is 0 Å². The molecule has 1 aliphatic carbocycles. The van der Waals surface area contributed by atoms with Crippen molar-refractivity contribution < 1.29 is 22.3 Å². The minimum Gasteiger partial charge on any atom is -0.475 e. The lowest BCUT2D eigenvalue weighted by molar-refractivity contribution is 0.0842. The van der Waals surface area contributed by atoms with Crippen LogP contribution in [0.3, 0.4) is 0 Å². The van der Waals surface area contributed by atoms with E-state index in [2.05, 4.69) is 20.2 Å². The number of rotatable bonds is 5. The molecule has 136 valence electrons. The Morgan fingerprint density at radius 2 is 2.08 bits per heavy atom. The Labute approximate surface area is 144 Å². The minimum absolute atomic E-state index is 0.0994. The second-order valence-electron chi connectivity index (χ2n) is 6.16. The van der Waals surface area contributed by atoms with Crippen LogP contribution in [0.2, 0.25) is 0 Å². The fourth-order valence-electron chi connectivity index (χ4n) is 2.54. The third-order valence-electron chi connectivity index (χ3n) is 4.15. The maximum absolute atomic E-state index is 14.2. The first-order chi connectivity index (χ1) is 12.3. The Bertz CT molecular complexity index is 974. The standard InChI is InChI=1S/C16H13F4N5O/c1-8(17)14-24-23-13-5-21-12(6-25(13)14)9-2-11(18)15(22-4-9)26-7-10-3-16(10,19)20/h2,4-6,8,10H,3,7H2,1H3/t8?,10-/m1/s1.